The molecule has 142 valence electrons. The maximum atomic E-state index is 13.0. The number of anilines is 1. The van der Waals surface area contributed by atoms with Gasteiger partial charge in [0.05, 0.1) is 24.3 Å². The van der Waals surface area contributed by atoms with Crippen molar-refractivity contribution < 1.29 is 27.1 Å². The van der Waals surface area contributed by atoms with Crippen LogP contribution in [0.25, 0.3) is 0 Å². The second kappa shape index (κ2) is 11.1. The maximum Gasteiger partial charge on any atom is 0.418 e. The fourth-order valence-corrected chi connectivity index (χ4v) is 2.32. The summed E-state index contributed by atoms with van der Waals surface area (Å²) >= 11 is 0. The SMILES string of the molecule is CCCCCCCCOCCC(=O)Nc1ccc(F)cc1C(F)(F)F. The molecule has 7 heteroatoms. The van der Waals surface area contributed by atoms with Gasteiger partial charge in [0.15, 0.2) is 0 Å². The number of amides is 1. The first-order chi connectivity index (χ1) is 11.8. The van der Waals surface area contributed by atoms with Gasteiger partial charge in [0.25, 0.3) is 0 Å². The van der Waals surface area contributed by atoms with Crippen LogP contribution in [0.1, 0.15) is 57.4 Å². The molecule has 0 unspecified atom stereocenters. The molecule has 1 amide bonds. The molecular formula is C18H25F4NO2. The zero-order valence-electron chi connectivity index (χ0n) is 14.4. The number of unbranched alkanes of at least 4 members (excludes halogenated alkanes) is 5. The summed E-state index contributed by atoms with van der Waals surface area (Å²) in [6, 6.07) is 2.15. The molecular weight excluding hydrogens is 338 g/mol. The highest BCUT2D eigenvalue weighted by Gasteiger charge is 2.34. The van der Waals surface area contributed by atoms with E-state index in [0.717, 1.165) is 31.4 Å². The number of alkyl halides is 3. The van der Waals surface area contributed by atoms with E-state index in [4.69, 9.17) is 4.74 Å². The van der Waals surface area contributed by atoms with Crippen LogP contribution in [0.3, 0.4) is 0 Å². The van der Waals surface area contributed by atoms with Crippen molar-refractivity contribution in [3.8, 4) is 0 Å². The molecule has 1 rings (SSSR count). The van der Waals surface area contributed by atoms with Gasteiger partial charge in [-0.2, -0.15) is 13.2 Å². The summed E-state index contributed by atoms with van der Waals surface area (Å²) in [5.41, 5.74) is -1.65. The third kappa shape index (κ3) is 8.86. The van der Waals surface area contributed by atoms with Gasteiger partial charge >= 0.3 is 6.18 Å². The van der Waals surface area contributed by atoms with Gasteiger partial charge in [-0.05, 0) is 24.6 Å². The number of ether oxygens (including phenoxy) is 1. The van der Waals surface area contributed by atoms with E-state index < -0.39 is 29.2 Å². The molecule has 1 aromatic rings. The van der Waals surface area contributed by atoms with E-state index in [1.165, 1.54) is 19.3 Å². The van der Waals surface area contributed by atoms with Crippen LogP contribution in [0.5, 0.6) is 0 Å². The summed E-state index contributed by atoms with van der Waals surface area (Å²) in [6.45, 7) is 2.82. The zero-order chi connectivity index (χ0) is 18.7. The molecule has 25 heavy (non-hydrogen) atoms. The van der Waals surface area contributed by atoms with Gasteiger partial charge in [0.2, 0.25) is 5.91 Å². The quantitative estimate of drug-likeness (QED) is 0.413. The number of halogens is 4. The molecule has 0 aliphatic rings. The Kier molecular flexibility index (Phi) is 9.49. The molecule has 0 heterocycles. The van der Waals surface area contributed by atoms with E-state index in [1.54, 1.807) is 0 Å². The molecule has 0 spiro atoms. The Hall–Kier alpha value is -1.63. The molecule has 0 bridgehead atoms. The van der Waals surface area contributed by atoms with E-state index >= 15 is 0 Å². The average Bonchev–Trinajstić information content (AvgIpc) is 2.54. The first-order valence-electron chi connectivity index (χ1n) is 8.59. The first-order valence-corrected chi connectivity index (χ1v) is 8.59. The lowest BCUT2D eigenvalue weighted by Crippen LogP contribution is -2.18. The van der Waals surface area contributed by atoms with Crippen LogP contribution < -0.4 is 5.32 Å². The Morgan fingerprint density at radius 1 is 1.08 bits per heavy atom. The van der Waals surface area contributed by atoms with Gasteiger partial charge in [-0.15, -0.1) is 0 Å². The predicted octanol–water partition coefficient (Wildman–Crippen LogP) is 5.55. The Bertz CT molecular complexity index is 532. The van der Waals surface area contributed by atoms with Crippen LogP contribution in [0.2, 0.25) is 0 Å². The summed E-state index contributed by atoms with van der Waals surface area (Å²) < 4.78 is 56.8. The van der Waals surface area contributed by atoms with Crippen molar-refractivity contribution in [1.82, 2.24) is 0 Å². The third-order valence-corrected chi connectivity index (χ3v) is 3.68. The maximum absolute atomic E-state index is 13.0. The van der Waals surface area contributed by atoms with Crippen molar-refractivity contribution >= 4 is 11.6 Å². The number of nitrogens with one attached hydrogen (secondary N) is 1. The summed E-state index contributed by atoms with van der Waals surface area (Å²) in [6.07, 6.45) is 1.96. The Morgan fingerprint density at radius 2 is 1.76 bits per heavy atom. The molecule has 0 aliphatic carbocycles. The lowest BCUT2D eigenvalue weighted by molar-refractivity contribution is -0.137. The number of carbonyl (C=O) groups is 1. The third-order valence-electron chi connectivity index (χ3n) is 3.68. The van der Waals surface area contributed by atoms with Crippen LogP contribution >= 0.6 is 0 Å². The highest BCUT2D eigenvalue weighted by molar-refractivity contribution is 5.91. The molecule has 0 aliphatic heterocycles. The van der Waals surface area contributed by atoms with Gasteiger partial charge < -0.3 is 10.1 Å². The van der Waals surface area contributed by atoms with Gasteiger partial charge in [0, 0.05) is 6.61 Å². The minimum Gasteiger partial charge on any atom is -0.381 e. The molecule has 0 fully saturated rings. The number of rotatable bonds is 11. The largest absolute Gasteiger partial charge is 0.418 e. The second-order valence-corrected chi connectivity index (χ2v) is 5.87. The molecule has 0 atom stereocenters. The summed E-state index contributed by atoms with van der Waals surface area (Å²) in [7, 11) is 0. The van der Waals surface area contributed by atoms with Crippen molar-refractivity contribution in [3.63, 3.8) is 0 Å². The van der Waals surface area contributed by atoms with E-state index in [-0.39, 0.29) is 13.0 Å². The van der Waals surface area contributed by atoms with Gasteiger partial charge in [-0.1, -0.05) is 39.0 Å². The first kappa shape index (κ1) is 21.4. The zero-order valence-corrected chi connectivity index (χ0v) is 14.4. The smallest absolute Gasteiger partial charge is 0.381 e. The number of carbonyl (C=O) groups excluding carboxylic acids is 1. The number of hydrogen-bond donors (Lipinski definition) is 1. The Labute approximate surface area is 145 Å². The predicted molar refractivity (Wildman–Crippen MR) is 88.8 cm³/mol. The van der Waals surface area contributed by atoms with E-state index in [1.807, 2.05) is 0 Å². The molecule has 0 saturated carbocycles. The monoisotopic (exact) mass is 363 g/mol. The number of hydrogen-bond acceptors (Lipinski definition) is 2. The van der Waals surface area contributed by atoms with Crippen LogP contribution in [0, 0.1) is 5.82 Å². The van der Waals surface area contributed by atoms with Gasteiger partial charge in [-0.25, -0.2) is 4.39 Å². The van der Waals surface area contributed by atoms with Gasteiger partial charge in [-0.3, -0.25) is 4.79 Å². The van der Waals surface area contributed by atoms with Crippen molar-refractivity contribution in [2.75, 3.05) is 18.5 Å². The molecule has 0 saturated heterocycles. The van der Waals surface area contributed by atoms with Crippen molar-refractivity contribution in [1.29, 1.82) is 0 Å². The second-order valence-electron chi connectivity index (χ2n) is 5.87. The number of benzene rings is 1. The molecule has 3 nitrogen and oxygen atoms in total. The standard InChI is InChI=1S/C18H25F4NO2/c1-2-3-4-5-6-7-11-25-12-10-17(24)23-16-9-8-14(19)13-15(16)18(20,21)22/h8-9,13H,2-7,10-12H2,1H3,(H,23,24). The van der Waals surface area contributed by atoms with Crippen LogP contribution in [0.4, 0.5) is 23.2 Å². The van der Waals surface area contributed by atoms with Gasteiger partial charge in [0.1, 0.15) is 5.82 Å². The highest BCUT2D eigenvalue weighted by Crippen LogP contribution is 2.35. The van der Waals surface area contributed by atoms with E-state index in [0.29, 0.717) is 12.7 Å². The summed E-state index contributed by atoms with van der Waals surface area (Å²) in [5.74, 6) is -1.60. The van der Waals surface area contributed by atoms with Crippen molar-refractivity contribution in [3.05, 3.63) is 29.6 Å². The highest BCUT2D eigenvalue weighted by atomic mass is 19.4. The normalized spacial score (nSPS) is 11.6. The lowest BCUT2D eigenvalue weighted by Gasteiger charge is -2.14. The summed E-state index contributed by atoms with van der Waals surface area (Å²) in [4.78, 5) is 11.7. The van der Waals surface area contributed by atoms with Crippen molar-refractivity contribution in [2.45, 2.75) is 58.0 Å². The Morgan fingerprint density at radius 3 is 2.44 bits per heavy atom. The van der Waals surface area contributed by atoms with Crippen LogP contribution in [0.15, 0.2) is 18.2 Å². The lowest BCUT2D eigenvalue weighted by atomic mass is 10.1. The molecule has 0 radical (unpaired) electrons. The van der Waals surface area contributed by atoms with Crippen LogP contribution in [-0.2, 0) is 15.7 Å². The minimum absolute atomic E-state index is 0.0511. The molecule has 0 aromatic heterocycles. The van der Waals surface area contributed by atoms with E-state index in [2.05, 4.69) is 12.2 Å². The topological polar surface area (TPSA) is 38.3 Å². The molecule has 1 aromatic carbocycles. The van der Waals surface area contributed by atoms with Crippen molar-refractivity contribution in [2.24, 2.45) is 0 Å². The summed E-state index contributed by atoms with van der Waals surface area (Å²) in [5, 5.41) is 2.16. The van der Waals surface area contributed by atoms with Crippen LogP contribution in [-0.4, -0.2) is 19.1 Å². The average molecular weight is 363 g/mol. The fourth-order valence-electron chi connectivity index (χ4n) is 2.32. The fraction of sp³-hybridized carbons (Fsp3) is 0.611. The Balaban J connectivity index is 2.29. The molecule has 1 N–H and O–H groups in total. The minimum atomic E-state index is -4.74. The van der Waals surface area contributed by atoms with E-state index in [9.17, 15) is 22.4 Å².